The van der Waals surface area contributed by atoms with Crippen LogP contribution in [0.3, 0.4) is 0 Å². The van der Waals surface area contributed by atoms with Gasteiger partial charge in [-0.3, -0.25) is 4.79 Å². The monoisotopic (exact) mass is 425 g/mol. The Kier molecular flexibility index (Phi) is 5.88. The van der Waals surface area contributed by atoms with Crippen molar-refractivity contribution < 1.29 is 4.79 Å². The van der Waals surface area contributed by atoms with Crippen LogP contribution in [0.5, 0.6) is 0 Å². The van der Waals surface area contributed by atoms with Crippen molar-refractivity contribution in [3.8, 4) is 0 Å². The molecule has 0 saturated heterocycles. The highest BCUT2D eigenvalue weighted by molar-refractivity contribution is 5.96. The van der Waals surface area contributed by atoms with E-state index in [-0.39, 0.29) is 11.9 Å². The molecule has 4 aromatic rings. The zero-order chi connectivity index (χ0) is 23.0. The van der Waals surface area contributed by atoms with E-state index in [0.29, 0.717) is 5.56 Å². The van der Waals surface area contributed by atoms with Gasteiger partial charge in [-0.05, 0) is 82.0 Å². The highest BCUT2D eigenvalue weighted by Crippen LogP contribution is 2.25. The van der Waals surface area contributed by atoms with Crippen molar-refractivity contribution in [1.29, 1.82) is 0 Å². The lowest BCUT2D eigenvalue weighted by Gasteiger charge is -2.19. The number of nitrogens with one attached hydrogen (secondary N) is 1. The van der Waals surface area contributed by atoms with E-state index in [9.17, 15) is 4.79 Å². The maximum Gasteiger partial charge on any atom is 0.252 e. The number of aryl methyl sites for hydroxylation is 5. The molecule has 4 heteroatoms. The van der Waals surface area contributed by atoms with Gasteiger partial charge in [-0.1, -0.05) is 47.5 Å². The van der Waals surface area contributed by atoms with Gasteiger partial charge in [-0.2, -0.15) is 0 Å². The average molecular weight is 426 g/mol. The third-order valence-electron chi connectivity index (χ3n) is 6.20. The Morgan fingerprint density at radius 3 is 2.25 bits per heavy atom. The third kappa shape index (κ3) is 4.18. The van der Waals surface area contributed by atoms with Crippen LogP contribution < -0.4 is 5.32 Å². The highest BCUT2D eigenvalue weighted by Gasteiger charge is 2.21. The number of rotatable bonds is 5. The molecule has 1 atom stereocenters. The van der Waals surface area contributed by atoms with Crippen LogP contribution in [-0.2, 0) is 6.54 Å². The fraction of sp³-hybridized carbons (Fsp3) is 0.286. The number of hydrogen-bond acceptors (Lipinski definition) is 2. The van der Waals surface area contributed by atoms with Crippen molar-refractivity contribution in [2.45, 2.75) is 54.1 Å². The van der Waals surface area contributed by atoms with Gasteiger partial charge in [-0.15, -0.1) is 0 Å². The molecule has 1 heterocycles. The Morgan fingerprint density at radius 1 is 0.906 bits per heavy atom. The summed E-state index contributed by atoms with van der Waals surface area (Å²) in [4.78, 5) is 18.0. The minimum absolute atomic E-state index is 0.0729. The summed E-state index contributed by atoms with van der Waals surface area (Å²) in [5.41, 5.74) is 9.98. The first-order chi connectivity index (χ1) is 15.2. The molecule has 1 unspecified atom stereocenters. The Balaban J connectivity index is 1.72. The molecular weight excluding hydrogens is 394 g/mol. The first-order valence-electron chi connectivity index (χ1n) is 11.1. The number of carbonyl (C=O) groups excluding carboxylic acids is 1. The fourth-order valence-corrected chi connectivity index (χ4v) is 4.62. The van der Waals surface area contributed by atoms with Gasteiger partial charge in [0.25, 0.3) is 5.91 Å². The third-order valence-corrected chi connectivity index (χ3v) is 6.20. The smallest absolute Gasteiger partial charge is 0.252 e. The van der Waals surface area contributed by atoms with Crippen molar-refractivity contribution in [1.82, 2.24) is 14.9 Å². The molecule has 0 bridgehead atoms. The predicted octanol–water partition coefficient (Wildman–Crippen LogP) is 6.12. The molecule has 0 aliphatic rings. The molecular formula is C28H31N3O. The van der Waals surface area contributed by atoms with Gasteiger partial charge in [0.15, 0.2) is 0 Å². The van der Waals surface area contributed by atoms with Crippen molar-refractivity contribution in [2.75, 3.05) is 0 Å². The number of para-hydroxylation sites is 2. The number of fused-ring (bicyclic) bond motifs is 1. The number of benzene rings is 3. The molecule has 1 amide bonds. The van der Waals surface area contributed by atoms with E-state index in [0.717, 1.165) is 34.5 Å². The molecule has 164 valence electrons. The molecule has 4 nitrogen and oxygen atoms in total. The van der Waals surface area contributed by atoms with E-state index in [1.807, 2.05) is 57.2 Å². The van der Waals surface area contributed by atoms with E-state index in [4.69, 9.17) is 4.98 Å². The van der Waals surface area contributed by atoms with Crippen molar-refractivity contribution in [3.05, 3.63) is 99.4 Å². The second-order valence-corrected chi connectivity index (χ2v) is 8.94. The zero-order valence-corrected chi connectivity index (χ0v) is 19.8. The van der Waals surface area contributed by atoms with Gasteiger partial charge in [0.1, 0.15) is 5.82 Å². The van der Waals surface area contributed by atoms with Crippen LogP contribution in [0.25, 0.3) is 11.0 Å². The summed E-state index contributed by atoms with van der Waals surface area (Å²) in [6.45, 7) is 13.2. The van der Waals surface area contributed by atoms with Gasteiger partial charge < -0.3 is 9.88 Å². The lowest BCUT2D eigenvalue weighted by molar-refractivity contribution is 0.0937. The first-order valence-corrected chi connectivity index (χ1v) is 11.1. The first kappa shape index (κ1) is 21.8. The summed E-state index contributed by atoms with van der Waals surface area (Å²) >= 11 is 0. The maximum absolute atomic E-state index is 13.0. The second kappa shape index (κ2) is 8.62. The molecule has 0 fully saturated rings. The average Bonchev–Trinajstić information content (AvgIpc) is 3.09. The molecule has 1 N–H and O–H groups in total. The van der Waals surface area contributed by atoms with E-state index in [1.54, 1.807) is 0 Å². The molecule has 0 saturated carbocycles. The van der Waals surface area contributed by atoms with E-state index < -0.39 is 0 Å². The Labute approximate surface area is 190 Å². The summed E-state index contributed by atoms with van der Waals surface area (Å²) in [5, 5.41) is 3.18. The summed E-state index contributed by atoms with van der Waals surface area (Å²) in [7, 11) is 0. The lowest BCUT2D eigenvalue weighted by atomic mass is 9.99. The Morgan fingerprint density at radius 2 is 1.56 bits per heavy atom. The quantitative estimate of drug-likeness (QED) is 0.419. The standard InChI is InChI=1S/C28H31N3O/c1-17-11-12-23(19(3)13-17)28(32)29-22(6)27-30-25-9-7-8-10-26(25)31(27)16-24-20(4)14-18(2)15-21(24)5/h7-15,22H,16H2,1-6H3,(H,29,32). The summed E-state index contributed by atoms with van der Waals surface area (Å²) < 4.78 is 2.24. The number of hydrogen-bond donors (Lipinski definition) is 1. The van der Waals surface area contributed by atoms with Crippen LogP contribution in [0.4, 0.5) is 0 Å². The zero-order valence-electron chi connectivity index (χ0n) is 19.8. The molecule has 0 spiro atoms. The number of aromatic nitrogens is 2. The fourth-order valence-electron chi connectivity index (χ4n) is 4.62. The maximum atomic E-state index is 13.0. The van der Waals surface area contributed by atoms with Gasteiger partial charge >= 0.3 is 0 Å². The summed E-state index contributed by atoms with van der Waals surface area (Å²) in [5.74, 6) is 0.792. The van der Waals surface area contributed by atoms with Crippen LogP contribution in [0, 0.1) is 34.6 Å². The Hall–Kier alpha value is -3.40. The van der Waals surface area contributed by atoms with E-state index >= 15 is 0 Å². The highest BCUT2D eigenvalue weighted by atomic mass is 16.1. The van der Waals surface area contributed by atoms with Gasteiger partial charge in [0, 0.05) is 12.1 Å². The molecule has 0 aliphatic carbocycles. The molecule has 32 heavy (non-hydrogen) atoms. The van der Waals surface area contributed by atoms with Crippen molar-refractivity contribution in [2.24, 2.45) is 0 Å². The van der Waals surface area contributed by atoms with Gasteiger partial charge in [0.2, 0.25) is 0 Å². The van der Waals surface area contributed by atoms with Gasteiger partial charge in [-0.25, -0.2) is 4.98 Å². The normalized spacial score (nSPS) is 12.2. The molecule has 0 radical (unpaired) electrons. The van der Waals surface area contributed by atoms with Crippen molar-refractivity contribution in [3.63, 3.8) is 0 Å². The van der Waals surface area contributed by atoms with E-state index in [2.05, 4.69) is 48.9 Å². The molecule has 4 rings (SSSR count). The molecule has 1 aromatic heterocycles. The topological polar surface area (TPSA) is 46.9 Å². The van der Waals surface area contributed by atoms with Crippen LogP contribution >= 0.6 is 0 Å². The SMILES string of the molecule is Cc1ccc(C(=O)NC(C)c2nc3ccccc3n2Cc2c(C)cc(C)cc2C)c(C)c1. The summed E-state index contributed by atoms with van der Waals surface area (Å²) in [6, 6.07) is 18.3. The second-order valence-electron chi connectivity index (χ2n) is 8.94. The number of carbonyl (C=O) groups is 1. The minimum Gasteiger partial charge on any atom is -0.342 e. The van der Waals surface area contributed by atoms with Crippen LogP contribution in [0.1, 0.15) is 62.5 Å². The van der Waals surface area contributed by atoms with Crippen LogP contribution in [0.2, 0.25) is 0 Å². The Bertz CT molecular complexity index is 1290. The number of nitrogens with zero attached hydrogens (tertiary/aromatic N) is 2. The van der Waals surface area contributed by atoms with Gasteiger partial charge in [0.05, 0.1) is 17.1 Å². The van der Waals surface area contributed by atoms with Crippen molar-refractivity contribution >= 4 is 16.9 Å². The number of imidazole rings is 1. The summed E-state index contributed by atoms with van der Waals surface area (Å²) in [6.07, 6.45) is 0. The minimum atomic E-state index is -0.235. The predicted molar refractivity (Wildman–Crippen MR) is 131 cm³/mol. The molecule has 3 aromatic carbocycles. The van der Waals surface area contributed by atoms with Crippen LogP contribution in [-0.4, -0.2) is 15.5 Å². The van der Waals surface area contributed by atoms with E-state index in [1.165, 1.54) is 22.3 Å². The molecule has 0 aliphatic heterocycles. The number of amides is 1. The largest absolute Gasteiger partial charge is 0.342 e. The lowest BCUT2D eigenvalue weighted by Crippen LogP contribution is -2.29. The van der Waals surface area contributed by atoms with Crippen LogP contribution in [0.15, 0.2) is 54.6 Å².